The number of nitrogens with one attached hydrogen (secondary N) is 3. The Morgan fingerprint density at radius 3 is 2.22 bits per heavy atom. The summed E-state index contributed by atoms with van der Waals surface area (Å²) in [6, 6.07) is -0.126. The Balaban J connectivity index is 1.74. The van der Waals surface area contributed by atoms with Crippen LogP contribution in [0.5, 0.6) is 0 Å². The Morgan fingerprint density at radius 2 is 1.61 bits per heavy atom. The van der Waals surface area contributed by atoms with Crippen molar-refractivity contribution in [2.45, 2.75) is 72.8 Å². The van der Waals surface area contributed by atoms with Gasteiger partial charge in [0.1, 0.15) is 0 Å². The van der Waals surface area contributed by atoms with E-state index in [-0.39, 0.29) is 24.3 Å². The van der Waals surface area contributed by atoms with Gasteiger partial charge in [0.2, 0.25) is 0 Å². The first-order chi connectivity index (χ1) is 19.5. The number of H-pyrrole nitrogens is 1. The second kappa shape index (κ2) is 12.0. The van der Waals surface area contributed by atoms with Gasteiger partial charge < -0.3 is 20.7 Å². The fourth-order valence-electron chi connectivity index (χ4n) is 5.75. The lowest BCUT2D eigenvalue weighted by Crippen LogP contribution is -2.16. The molecule has 1 unspecified atom stereocenters. The maximum Gasteiger partial charge on any atom is 0.303 e. The van der Waals surface area contributed by atoms with Crippen LogP contribution >= 0.6 is 0 Å². The van der Waals surface area contributed by atoms with Crippen LogP contribution in [0.15, 0.2) is 81.2 Å². The van der Waals surface area contributed by atoms with E-state index in [9.17, 15) is 19.5 Å². The van der Waals surface area contributed by atoms with Gasteiger partial charge in [-0.25, -0.2) is 0 Å². The van der Waals surface area contributed by atoms with Gasteiger partial charge in [-0.1, -0.05) is 38.7 Å². The number of hydrogen-bond donors (Lipinski definition) is 4. The number of amides is 2. The Bertz CT molecular complexity index is 1550. The first kappa shape index (κ1) is 29.5. The summed E-state index contributed by atoms with van der Waals surface area (Å²) < 4.78 is 0. The number of aromatic amines is 1. The molecule has 214 valence electrons. The number of aromatic nitrogens is 1. The minimum Gasteiger partial charge on any atom is -0.481 e. The molecule has 1 aromatic heterocycles. The molecular weight excluding hydrogens is 516 g/mol. The maximum absolute atomic E-state index is 12.3. The Kier molecular flexibility index (Phi) is 8.61. The first-order valence-corrected chi connectivity index (χ1v) is 13.9. The third-order valence-electron chi connectivity index (χ3n) is 8.14. The summed E-state index contributed by atoms with van der Waals surface area (Å²) in [6.07, 6.45) is 9.87. The molecule has 3 aliphatic rings. The molecule has 0 spiro atoms. The average Bonchev–Trinajstić information content (AvgIpc) is 3.56. The highest BCUT2D eigenvalue weighted by atomic mass is 16.4. The van der Waals surface area contributed by atoms with Crippen molar-refractivity contribution < 1.29 is 19.5 Å². The van der Waals surface area contributed by atoms with Gasteiger partial charge in [-0.15, -0.1) is 0 Å². The van der Waals surface area contributed by atoms with Gasteiger partial charge in [-0.3, -0.25) is 19.4 Å². The lowest BCUT2D eigenvalue weighted by atomic mass is 9.93. The number of carbonyl (C=O) groups excluding carboxylic acids is 2. The number of aliphatic imine (C=N–C) groups is 1. The molecule has 4 heterocycles. The van der Waals surface area contributed by atoms with Gasteiger partial charge in [0.15, 0.2) is 0 Å². The minimum absolute atomic E-state index is 0.00959. The number of carboxylic acids is 1. The summed E-state index contributed by atoms with van der Waals surface area (Å²) >= 11 is 0. The van der Waals surface area contributed by atoms with Gasteiger partial charge in [-0.05, 0) is 80.5 Å². The van der Waals surface area contributed by atoms with E-state index in [4.69, 9.17) is 4.99 Å². The molecule has 1 aromatic rings. The molecule has 8 nitrogen and oxygen atoms in total. The molecule has 0 saturated heterocycles. The third-order valence-corrected chi connectivity index (χ3v) is 8.14. The Hall–Kier alpha value is -4.46. The zero-order chi connectivity index (χ0) is 30.0. The standard InChI is InChI=1S/C33H38N4O4/c1-8-11-23-18(5)26(15-28-21(9-2)20(7)32(40)37-28)35-29(23)16-30-24(12-13-31(38)39)19(6)25(34-30)14-27-17(4)22(10-3)33(41)36-27/h9-10,14-15,29,34H,2-3,8,11-13,16H2,1,4-7H3,(H,36,41)(H,37,40)(H,38,39)/b27-14-,28-15-. The second-order valence-electron chi connectivity index (χ2n) is 10.7. The summed E-state index contributed by atoms with van der Waals surface area (Å²) in [4.78, 5) is 44.7. The van der Waals surface area contributed by atoms with Crippen LogP contribution in [0.4, 0.5) is 0 Å². The van der Waals surface area contributed by atoms with Crippen molar-refractivity contribution in [2.24, 2.45) is 4.99 Å². The van der Waals surface area contributed by atoms with E-state index in [1.807, 2.05) is 26.0 Å². The minimum atomic E-state index is -0.857. The van der Waals surface area contributed by atoms with E-state index in [1.54, 1.807) is 19.1 Å². The maximum atomic E-state index is 12.3. The first-order valence-electron chi connectivity index (χ1n) is 13.9. The van der Waals surface area contributed by atoms with Gasteiger partial charge in [0, 0.05) is 46.6 Å². The molecule has 3 aliphatic heterocycles. The molecular formula is C33H38N4O4. The lowest BCUT2D eigenvalue weighted by Gasteiger charge is -2.14. The molecule has 0 aromatic carbocycles. The molecule has 0 fully saturated rings. The fraction of sp³-hybridized carbons (Fsp3) is 0.333. The number of aliphatic carboxylic acids is 1. The van der Waals surface area contributed by atoms with Crippen LogP contribution in [0, 0.1) is 6.92 Å². The Labute approximate surface area is 241 Å². The van der Waals surface area contributed by atoms with Crippen molar-refractivity contribution in [3.63, 3.8) is 0 Å². The highest BCUT2D eigenvalue weighted by molar-refractivity contribution is 6.12. The molecule has 8 heteroatoms. The third kappa shape index (κ3) is 5.73. The van der Waals surface area contributed by atoms with Crippen LogP contribution in [0.3, 0.4) is 0 Å². The summed E-state index contributed by atoms with van der Waals surface area (Å²) in [5.74, 6) is -1.18. The molecule has 0 bridgehead atoms. The average molecular weight is 555 g/mol. The van der Waals surface area contributed by atoms with Gasteiger partial charge in [-0.2, -0.15) is 0 Å². The monoisotopic (exact) mass is 554 g/mol. The zero-order valence-corrected chi connectivity index (χ0v) is 24.5. The highest BCUT2D eigenvalue weighted by Gasteiger charge is 2.29. The summed E-state index contributed by atoms with van der Waals surface area (Å²) in [5, 5.41) is 15.3. The highest BCUT2D eigenvalue weighted by Crippen LogP contribution is 2.33. The summed E-state index contributed by atoms with van der Waals surface area (Å²) in [6.45, 7) is 17.4. The smallest absolute Gasteiger partial charge is 0.303 e. The topological polar surface area (TPSA) is 124 Å². The SMILES string of the molecule is C=CC1=C(C)/C(=C/c2[nH]c(CC3N=C(/C=C4\NC(=O)C(C)=C4C=C)C(C)=C3CCC)c(CCC(=O)O)c2C)NC1=O. The molecule has 0 radical (unpaired) electrons. The fourth-order valence-corrected chi connectivity index (χ4v) is 5.75. The van der Waals surface area contributed by atoms with Crippen molar-refractivity contribution in [3.8, 4) is 0 Å². The molecule has 0 saturated carbocycles. The number of carboxylic acid groups (broad SMARTS) is 1. The predicted octanol–water partition coefficient (Wildman–Crippen LogP) is 5.31. The Morgan fingerprint density at radius 1 is 0.927 bits per heavy atom. The van der Waals surface area contributed by atoms with Crippen LogP contribution in [0.25, 0.3) is 6.08 Å². The number of rotatable bonds is 11. The predicted molar refractivity (Wildman–Crippen MR) is 162 cm³/mol. The number of nitrogens with zero attached hydrogens (tertiary/aromatic N) is 1. The second-order valence-corrected chi connectivity index (χ2v) is 10.7. The molecule has 2 amide bonds. The van der Waals surface area contributed by atoms with E-state index < -0.39 is 5.97 Å². The van der Waals surface area contributed by atoms with Crippen molar-refractivity contribution in [2.75, 3.05) is 0 Å². The van der Waals surface area contributed by atoms with E-state index in [1.165, 1.54) is 5.57 Å². The number of hydrogen-bond acceptors (Lipinski definition) is 4. The number of allylic oxidation sites excluding steroid dienone is 4. The van der Waals surface area contributed by atoms with Crippen molar-refractivity contribution in [3.05, 3.63) is 98.7 Å². The van der Waals surface area contributed by atoms with Gasteiger partial charge >= 0.3 is 5.97 Å². The zero-order valence-electron chi connectivity index (χ0n) is 24.5. The largest absolute Gasteiger partial charge is 0.481 e. The molecule has 4 N–H and O–H groups in total. The number of carbonyl (C=O) groups is 3. The normalized spacial score (nSPS) is 20.9. The van der Waals surface area contributed by atoms with Crippen LogP contribution in [-0.2, 0) is 27.2 Å². The molecule has 41 heavy (non-hydrogen) atoms. The van der Waals surface area contributed by atoms with Crippen LogP contribution in [0.2, 0.25) is 0 Å². The van der Waals surface area contributed by atoms with Crippen LogP contribution in [0.1, 0.15) is 69.5 Å². The van der Waals surface area contributed by atoms with Crippen molar-refractivity contribution >= 4 is 29.6 Å². The summed E-state index contributed by atoms with van der Waals surface area (Å²) in [7, 11) is 0. The lowest BCUT2D eigenvalue weighted by molar-refractivity contribution is -0.137. The van der Waals surface area contributed by atoms with Crippen molar-refractivity contribution in [1.82, 2.24) is 15.6 Å². The van der Waals surface area contributed by atoms with Crippen molar-refractivity contribution in [1.29, 1.82) is 0 Å². The molecule has 0 aliphatic carbocycles. The van der Waals surface area contributed by atoms with Crippen LogP contribution < -0.4 is 10.6 Å². The van der Waals surface area contributed by atoms with E-state index in [2.05, 4.69) is 42.6 Å². The quantitative estimate of drug-likeness (QED) is 0.296. The van der Waals surface area contributed by atoms with E-state index >= 15 is 0 Å². The van der Waals surface area contributed by atoms with Crippen LogP contribution in [-0.4, -0.2) is 39.6 Å². The summed E-state index contributed by atoms with van der Waals surface area (Å²) in [5.41, 5.74) is 11.0. The van der Waals surface area contributed by atoms with Gasteiger partial charge in [0.25, 0.3) is 11.8 Å². The molecule has 4 rings (SSSR count). The van der Waals surface area contributed by atoms with E-state index in [0.717, 1.165) is 57.8 Å². The van der Waals surface area contributed by atoms with Gasteiger partial charge in [0.05, 0.1) is 17.5 Å². The molecule has 1 atom stereocenters. The van der Waals surface area contributed by atoms with E-state index in [0.29, 0.717) is 35.4 Å².